The first kappa shape index (κ1) is 10.3. The molecule has 0 spiro atoms. The van der Waals surface area contributed by atoms with Crippen LogP contribution in [0.1, 0.15) is 39.3 Å². The summed E-state index contributed by atoms with van der Waals surface area (Å²) >= 11 is 0. The van der Waals surface area contributed by atoms with Crippen LogP contribution in [0, 0.1) is 5.92 Å². The third-order valence-electron chi connectivity index (χ3n) is 2.65. The van der Waals surface area contributed by atoms with Crippen molar-refractivity contribution in [1.29, 1.82) is 0 Å². The molecule has 0 bridgehead atoms. The van der Waals surface area contributed by atoms with Gasteiger partial charge in [-0.3, -0.25) is 0 Å². The summed E-state index contributed by atoms with van der Waals surface area (Å²) in [6.07, 6.45) is 7.82. The quantitative estimate of drug-likeness (QED) is 0.649. The molecule has 0 saturated carbocycles. The third-order valence-corrected chi connectivity index (χ3v) is 2.65. The van der Waals surface area contributed by atoms with Gasteiger partial charge in [0.1, 0.15) is 0 Å². The zero-order chi connectivity index (χ0) is 9.68. The molecule has 1 atom stereocenters. The number of hydrogen-bond donors (Lipinski definition) is 0. The zero-order valence-corrected chi connectivity index (χ0v) is 8.95. The van der Waals surface area contributed by atoms with E-state index in [-0.39, 0.29) is 0 Å². The fourth-order valence-electron chi connectivity index (χ4n) is 1.79. The van der Waals surface area contributed by atoms with Crippen molar-refractivity contribution in [2.75, 3.05) is 0 Å². The first-order chi connectivity index (χ1) is 6.40. The summed E-state index contributed by atoms with van der Waals surface area (Å²) < 4.78 is 2.27. The van der Waals surface area contributed by atoms with Gasteiger partial charge < -0.3 is 4.57 Å². The Balaban J connectivity index is 0.000000396. The van der Waals surface area contributed by atoms with Crippen LogP contribution in [0.25, 0.3) is 0 Å². The van der Waals surface area contributed by atoms with Crippen LogP contribution >= 0.6 is 0 Å². The first-order valence-electron chi connectivity index (χ1n) is 5.39. The molecule has 0 aliphatic carbocycles. The highest BCUT2D eigenvalue weighted by Gasteiger charge is 2.15. The van der Waals surface area contributed by atoms with Crippen LogP contribution in [0.4, 0.5) is 0 Å². The molecular formula is C11H20N2. The number of imidazole rings is 1. The molecule has 0 N–H and O–H groups in total. The Bertz CT molecular complexity index is 240. The predicted octanol–water partition coefficient (Wildman–Crippen LogP) is 2.88. The summed E-state index contributed by atoms with van der Waals surface area (Å²) in [6, 6.07) is 0. The van der Waals surface area contributed by atoms with Crippen molar-refractivity contribution < 1.29 is 0 Å². The van der Waals surface area contributed by atoms with Crippen LogP contribution in [-0.2, 0) is 13.0 Å². The topological polar surface area (TPSA) is 17.8 Å². The van der Waals surface area contributed by atoms with E-state index in [1.165, 1.54) is 31.5 Å². The number of fused-ring (bicyclic) bond motifs is 1. The van der Waals surface area contributed by atoms with E-state index in [1.807, 2.05) is 26.4 Å². The minimum Gasteiger partial charge on any atom is -0.335 e. The zero-order valence-electron chi connectivity index (χ0n) is 8.95. The maximum atomic E-state index is 4.14. The SMILES string of the molecule is CC.CCC1CCn2cncc2C1. The number of aromatic nitrogens is 2. The Kier molecular flexibility index (Phi) is 4.00. The molecule has 2 heteroatoms. The summed E-state index contributed by atoms with van der Waals surface area (Å²) in [5.74, 6) is 0.902. The molecule has 13 heavy (non-hydrogen) atoms. The van der Waals surface area contributed by atoms with E-state index in [1.54, 1.807) is 0 Å². The fourth-order valence-corrected chi connectivity index (χ4v) is 1.79. The summed E-state index contributed by atoms with van der Waals surface area (Å²) in [5, 5.41) is 0. The Labute approximate surface area is 81.0 Å². The maximum absolute atomic E-state index is 4.14. The van der Waals surface area contributed by atoms with Gasteiger partial charge in [0.15, 0.2) is 0 Å². The highest BCUT2D eigenvalue weighted by Crippen LogP contribution is 2.21. The van der Waals surface area contributed by atoms with Crippen LogP contribution in [0.15, 0.2) is 12.5 Å². The van der Waals surface area contributed by atoms with E-state index in [9.17, 15) is 0 Å². The Hall–Kier alpha value is -0.790. The number of hydrogen-bond acceptors (Lipinski definition) is 1. The lowest BCUT2D eigenvalue weighted by molar-refractivity contribution is 0.379. The lowest BCUT2D eigenvalue weighted by Crippen LogP contribution is -2.17. The molecule has 1 aliphatic rings. The van der Waals surface area contributed by atoms with Crippen molar-refractivity contribution >= 4 is 0 Å². The van der Waals surface area contributed by atoms with Gasteiger partial charge in [-0.15, -0.1) is 0 Å². The minimum atomic E-state index is 0.902. The maximum Gasteiger partial charge on any atom is 0.0948 e. The van der Waals surface area contributed by atoms with E-state index in [0.717, 1.165) is 5.92 Å². The van der Waals surface area contributed by atoms with Crippen LogP contribution in [0.3, 0.4) is 0 Å². The molecule has 0 amide bonds. The van der Waals surface area contributed by atoms with Crippen LogP contribution in [0.5, 0.6) is 0 Å². The van der Waals surface area contributed by atoms with Crippen molar-refractivity contribution in [3.05, 3.63) is 18.2 Å². The molecule has 1 aromatic rings. The Morgan fingerprint density at radius 3 is 3.00 bits per heavy atom. The molecule has 2 rings (SSSR count). The van der Waals surface area contributed by atoms with Crippen molar-refractivity contribution in [2.45, 2.75) is 46.6 Å². The van der Waals surface area contributed by atoms with Crippen molar-refractivity contribution in [3.8, 4) is 0 Å². The second kappa shape index (κ2) is 5.05. The number of aryl methyl sites for hydroxylation is 1. The summed E-state index contributed by atoms with van der Waals surface area (Å²) in [4.78, 5) is 4.14. The predicted molar refractivity (Wildman–Crippen MR) is 55.7 cm³/mol. The van der Waals surface area contributed by atoms with Gasteiger partial charge in [0.25, 0.3) is 0 Å². The molecule has 0 aromatic carbocycles. The van der Waals surface area contributed by atoms with Gasteiger partial charge in [-0.2, -0.15) is 0 Å². The van der Waals surface area contributed by atoms with Gasteiger partial charge in [0, 0.05) is 18.4 Å². The van der Waals surface area contributed by atoms with Gasteiger partial charge in [0.05, 0.1) is 6.33 Å². The Morgan fingerprint density at radius 2 is 2.31 bits per heavy atom. The molecule has 0 fully saturated rings. The van der Waals surface area contributed by atoms with E-state index < -0.39 is 0 Å². The van der Waals surface area contributed by atoms with Crippen LogP contribution < -0.4 is 0 Å². The molecular weight excluding hydrogens is 160 g/mol. The molecule has 0 saturated heterocycles. The molecule has 2 heterocycles. The second-order valence-corrected chi connectivity index (χ2v) is 3.35. The molecule has 1 aromatic heterocycles. The first-order valence-corrected chi connectivity index (χ1v) is 5.39. The van der Waals surface area contributed by atoms with Crippen molar-refractivity contribution in [3.63, 3.8) is 0 Å². The summed E-state index contributed by atoms with van der Waals surface area (Å²) in [6.45, 7) is 7.45. The normalized spacial score (nSPS) is 20.1. The molecule has 1 aliphatic heterocycles. The van der Waals surface area contributed by atoms with E-state index in [4.69, 9.17) is 0 Å². The Morgan fingerprint density at radius 1 is 1.54 bits per heavy atom. The fraction of sp³-hybridized carbons (Fsp3) is 0.727. The van der Waals surface area contributed by atoms with Crippen LogP contribution in [0.2, 0.25) is 0 Å². The van der Waals surface area contributed by atoms with Gasteiger partial charge in [0.2, 0.25) is 0 Å². The summed E-state index contributed by atoms with van der Waals surface area (Å²) in [5.41, 5.74) is 1.42. The number of nitrogens with zero attached hydrogens (tertiary/aromatic N) is 2. The van der Waals surface area contributed by atoms with E-state index in [0.29, 0.717) is 0 Å². The standard InChI is InChI=1S/C9H14N2.C2H6/c1-2-8-3-4-11-7-10-6-9(11)5-8;1-2/h6-8H,2-5H2,1H3;1-2H3. The van der Waals surface area contributed by atoms with Crippen molar-refractivity contribution in [2.24, 2.45) is 5.92 Å². The van der Waals surface area contributed by atoms with Crippen molar-refractivity contribution in [1.82, 2.24) is 9.55 Å². The average Bonchev–Trinajstić information content (AvgIpc) is 2.67. The third kappa shape index (κ3) is 2.33. The average molecular weight is 180 g/mol. The lowest BCUT2D eigenvalue weighted by Gasteiger charge is -2.21. The highest BCUT2D eigenvalue weighted by atomic mass is 15.0. The monoisotopic (exact) mass is 180 g/mol. The highest BCUT2D eigenvalue weighted by molar-refractivity contribution is 5.02. The van der Waals surface area contributed by atoms with Crippen LogP contribution in [-0.4, -0.2) is 9.55 Å². The smallest absolute Gasteiger partial charge is 0.0948 e. The molecule has 1 unspecified atom stereocenters. The van der Waals surface area contributed by atoms with Gasteiger partial charge in [-0.1, -0.05) is 27.2 Å². The largest absolute Gasteiger partial charge is 0.335 e. The van der Waals surface area contributed by atoms with Gasteiger partial charge in [-0.05, 0) is 18.8 Å². The number of rotatable bonds is 1. The summed E-state index contributed by atoms with van der Waals surface area (Å²) in [7, 11) is 0. The van der Waals surface area contributed by atoms with E-state index in [2.05, 4.69) is 16.5 Å². The van der Waals surface area contributed by atoms with Gasteiger partial charge >= 0.3 is 0 Å². The lowest BCUT2D eigenvalue weighted by atomic mass is 9.94. The molecule has 74 valence electrons. The molecule has 2 nitrogen and oxygen atoms in total. The van der Waals surface area contributed by atoms with E-state index >= 15 is 0 Å². The molecule has 0 radical (unpaired) electrons. The van der Waals surface area contributed by atoms with Gasteiger partial charge in [-0.25, -0.2) is 4.98 Å². The minimum absolute atomic E-state index is 0.902. The second-order valence-electron chi connectivity index (χ2n) is 3.35.